The van der Waals surface area contributed by atoms with Gasteiger partial charge in [-0.1, -0.05) is 30.3 Å². The van der Waals surface area contributed by atoms with Crippen LogP contribution in [0.1, 0.15) is 18.4 Å². The normalized spacial score (nSPS) is 26.4. The van der Waals surface area contributed by atoms with E-state index in [1.54, 1.807) is 4.90 Å². The predicted octanol–water partition coefficient (Wildman–Crippen LogP) is 1.73. The Balaban J connectivity index is 1.64. The molecular weight excluding hydrogens is 268 g/mol. The van der Waals surface area contributed by atoms with Gasteiger partial charge in [-0.25, -0.2) is 4.79 Å². The fraction of sp³-hybridized carbons (Fsp3) is 0.562. The molecule has 0 radical (unpaired) electrons. The zero-order valence-electron chi connectivity index (χ0n) is 12.1. The van der Waals surface area contributed by atoms with Crippen LogP contribution in [0.5, 0.6) is 0 Å². The van der Waals surface area contributed by atoms with Crippen LogP contribution in [0.15, 0.2) is 30.3 Å². The van der Waals surface area contributed by atoms with Gasteiger partial charge in [0.1, 0.15) is 0 Å². The Morgan fingerprint density at radius 2 is 2.05 bits per heavy atom. The largest absolute Gasteiger partial charge is 0.465 e. The van der Waals surface area contributed by atoms with E-state index in [0.29, 0.717) is 12.6 Å². The molecule has 2 aliphatic rings. The summed E-state index contributed by atoms with van der Waals surface area (Å²) < 4.78 is 6.04. The van der Waals surface area contributed by atoms with Gasteiger partial charge in [0.2, 0.25) is 0 Å². The molecule has 5 nitrogen and oxygen atoms in total. The maximum Gasteiger partial charge on any atom is 0.407 e. The zero-order valence-corrected chi connectivity index (χ0v) is 12.1. The SMILES string of the molecule is O=C(O)N1CCC(OC2CNC2)CC1Cc1ccccc1. The summed E-state index contributed by atoms with van der Waals surface area (Å²) in [5, 5.41) is 12.6. The first-order valence-corrected chi connectivity index (χ1v) is 7.62. The number of rotatable bonds is 4. The molecule has 2 fully saturated rings. The number of nitrogens with zero attached hydrogens (tertiary/aromatic N) is 1. The number of nitrogens with one attached hydrogen (secondary N) is 1. The van der Waals surface area contributed by atoms with Crippen LogP contribution in [-0.4, -0.2) is 54.0 Å². The van der Waals surface area contributed by atoms with Gasteiger partial charge in [-0.2, -0.15) is 0 Å². The van der Waals surface area contributed by atoms with Crippen LogP contribution in [0.2, 0.25) is 0 Å². The van der Waals surface area contributed by atoms with E-state index >= 15 is 0 Å². The van der Waals surface area contributed by atoms with Crippen molar-refractivity contribution < 1.29 is 14.6 Å². The van der Waals surface area contributed by atoms with Gasteiger partial charge in [0.15, 0.2) is 0 Å². The summed E-state index contributed by atoms with van der Waals surface area (Å²) in [6.07, 6.45) is 2.02. The van der Waals surface area contributed by atoms with E-state index in [9.17, 15) is 9.90 Å². The van der Waals surface area contributed by atoms with Gasteiger partial charge in [-0.3, -0.25) is 0 Å². The minimum Gasteiger partial charge on any atom is -0.465 e. The van der Waals surface area contributed by atoms with E-state index in [1.165, 1.54) is 5.56 Å². The standard InChI is InChI=1S/C16H22N2O3/c19-16(20)18-7-6-14(21-15-10-17-11-15)9-13(18)8-12-4-2-1-3-5-12/h1-5,13-15,17H,6-11H2,(H,19,20). The van der Waals surface area contributed by atoms with E-state index in [0.717, 1.165) is 32.4 Å². The van der Waals surface area contributed by atoms with Crippen LogP contribution in [0, 0.1) is 0 Å². The first-order valence-electron chi connectivity index (χ1n) is 7.62. The lowest BCUT2D eigenvalue weighted by atomic mass is 9.93. The number of carbonyl (C=O) groups is 1. The lowest BCUT2D eigenvalue weighted by molar-refractivity contribution is -0.0705. The van der Waals surface area contributed by atoms with E-state index < -0.39 is 6.09 Å². The number of benzene rings is 1. The van der Waals surface area contributed by atoms with Gasteiger partial charge in [0.25, 0.3) is 0 Å². The Hall–Kier alpha value is -1.59. The summed E-state index contributed by atoms with van der Waals surface area (Å²) >= 11 is 0. The zero-order chi connectivity index (χ0) is 14.7. The van der Waals surface area contributed by atoms with Crippen LogP contribution in [0.3, 0.4) is 0 Å². The van der Waals surface area contributed by atoms with Gasteiger partial charge in [-0.05, 0) is 24.8 Å². The van der Waals surface area contributed by atoms with Gasteiger partial charge in [0, 0.05) is 25.7 Å². The monoisotopic (exact) mass is 290 g/mol. The highest BCUT2D eigenvalue weighted by Crippen LogP contribution is 2.24. The third-order valence-electron chi connectivity index (χ3n) is 4.36. The second-order valence-electron chi connectivity index (χ2n) is 5.88. The Kier molecular flexibility index (Phi) is 4.41. The minimum atomic E-state index is -0.820. The number of hydrogen-bond donors (Lipinski definition) is 2. The molecule has 1 aromatic rings. The second-order valence-corrected chi connectivity index (χ2v) is 5.88. The molecule has 21 heavy (non-hydrogen) atoms. The Morgan fingerprint density at radius 1 is 1.29 bits per heavy atom. The highest BCUT2D eigenvalue weighted by atomic mass is 16.5. The van der Waals surface area contributed by atoms with Crippen LogP contribution in [0.25, 0.3) is 0 Å². The smallest absolute Gasteiger partial charge is 0.407 e. The number of amides is 1. The average Bonchev–Trinajstić information content (AvgIpc) is 2.44. The minimum absolute atomic E-state index is 0.0108. The van der Waals surface area contributed by atoms with Crippen molar-refractivity contribution in [2.24, 2.45) is 0 Å². The topological polar surface area (TPSA) is 61.8 Å². The molecule has 1 aromatic carbocycles. The number of hydrogen-bond acceptors (Lipinski definition) is 3. The molecule has 3 rings (SSSR count). The molecule has 0 aromatic heterocycles. The average molecular weight is 290 g/mol. The van der Waals surface area contributed by atoms with Gasteiger partial charge >= 0.3 is 6.09 Å². The van der Waals surface area contributed by atoms with Gasteiger partial charge < -0.3 is 20.1 Å². The van der Waals surface area contributed by atoms with Crippen molar-refractivity contribution >= 4 is 6.09 Å². The predicted molar refractivity (Wildman–Crippen MR) is 79.4 cm³/mol. The summed E-state index contributed by atoms with van der Waals surface area (Å²) in [5.41, 5.74) is 1.18. The van der Waals surface area contributed by atoms with E-state index in [1.807, 2.05) is 18.2 Å². The van der Waals surface area contributed by atoms with E-state index in [2.05, 4.69) is 17.4 Å². The van der Waals surface area contributed by atoms with Crippen LogP contribution < -0.4 is 5.32 Å². The van der Waals surface area contributed by atoms with E-state index in [-0.39, 0.29) is 12.1 Å². The number of carboxylic acid groups (broad SMARTS) is 1. The molecule has 5 heteroatoms. The number of piperidine rings is 1. The molecule has 0 saturated carbocycles. The molecule has 2 atom stereocenters. The summed E-state index contributed by atoms with van der Waals surface area (Å²) in [6, 6.07) is 10.1. The third-order valence-corrected chi connectivity index (χ3v) is 4.36. The highest BCUT2D eigenvalue weighted by molar-refractivity contribution is 5.65. The Bertz CT molecular complexity index is 476. The first kappa shape index (κ1) is 14.4. The van der Waals surface area contributed by atoms with Crippen molar-refractivity contribution in [1.29, 1.82) is 0 Å². The first-order chi connectivity index (χ1) is 10.2. The molecule has 114 valence electrons. The number of ether oxygens (including phenoxy) is 1. The maximum atomic E-state index is 11.4. The van der Waals surface area contributed by atoms with Crippen LogP contribution in [0.4, 0.5) is 4.79 Å². The third kappa shape index (κ3) is 3.54. The molecule has 2 aliphatic heterocycles. The van der Waals surface area contributed by atoms with Crippen molar-refractivity contribution in [1.82, 2.24) is 10.2 Å². The highest BCUT2D eigenvalue weighted by Gasteiger charge is 2.34. The molecule has 0 aliphatic carbocycles. The summed E-state index contributed by atoms with van der Waals surface area (Å²) in [4.78, 5) is 13.0. The van der Waals surface area contributed by atoms with Gasteiger partial charge in [-0.15, -0.1) is 0 Å². The molecular formula is C16H22N2O3. The van der Waals surface area contributed by atoms with Gasteiger partial charge in [0.05, 0.1) is 12.2 Å². The van der Waals surface area contributed by atoms with Crippen LogP contribution >= 0.6 is 0 Å². The van der Waals surface area contributed by atoms with Crippen LogP contribution in [-0.2, 0) is 11.2 Å². The second kappa shape index (κ2) is 6.45. The van der Waals surface area contributed by atoms with E-state index in [4.69, 9.17) is 4.74 Å². The van der Waals surface area contributed by atoms with Crippen molar-refractivity contribution in [3.8, 4) is 0 Å². The molecule has 0 spiro atoms. The lowest BCUT2D eigenvalue weighted by Crippen LogP contribution is -2.53. The fourth-order valence-corrected chi connectivity index (χ4v) is 3.10. The Morgan fingerprint density at radius 3 is 2.67 bits per heavy atom. The molecule has 0 bridgehead atoms. The molecule has 2 N–H and O–H groups in total. The summed E-state index contributed by atoms with van der Waals surface area (Å²) in [7, 11) is 0. The molecule has 2 saturated heterocycles. The van der Waals surface area contributed by atoms with Crippen molar-refractivity contribution in [3.05, 3.63) is 35.9 Å². The summed E-state index contributed by atoms with van der Waals surface area (Å²) in [6.45, 7) is 2.41. The number of likely N-dealkylation sites (tertiary alicyclic amines) is 1. The quantitative estimate of drug-likeness (QED) is 0.886. The lowest BCUT2D eigenvalue weighted by Gasteiger charge is -2.40. The Labute approximate surface area is 124 Å². The van der Waals surface area contributed by atoms with Crippen molar-refractivity contribution in [2.45, 2.75) is 37.5 Å². The molecule has 2 unspecified atom stereocenters. The fourth-order valence-electron chi connectivity index (χ4n) is 3.10. The van der Waals surface area contributed by atoms with Crippen molar-refractivity contribution in [3.63, 3.8) is 0 Å². The van der Waals surface area contributed by atoms with Crippen molar-refractivity contribution in [2.75, 3.05) is 19.6 Å². The summed E-state index contributed by atoms with van der Waals surface area (Å²) in [5.74, 6) is 0. The maximum absolute atomic E-state index is 11.4. The molecule has 1 amide bonds. The molecule has 2 heterocycles.